The number of halogens is 3. The van der Waals surface area contributed by atoms with Gasteiger partial charge in [-0.3, -0.25) is 0 Å². The minimum atomic E-state index is -0.0553. The molecule has 3 nitrogen and oxygen atoms in total. The molecule has 0 aliphatic carbocycles. The molecule has 0 aliphatic heterocycles. The van der Waals surface area contributed by atoms with Crippen molar-refractivity contribution >= 4 is 50.8 Å². The Bertz CT molecular complexity index is 361. The monoisotopic (exact) mass is 281 g/mol. The van der Waals surface area contributed by atoms with Crippen LogP contribution in [0.5, 0.6) is 0 Å². The zero-order valence-electron chi connectivity index (χ0n) is 6.39. The van der Waals surface area contributed by atoms with Crippen molar-refractivity contribution in [3.63, 3.8) is 0 Å². The zero-order valence-corrected chi connectivity index (χ0v) is 9.49. The molecule has 1 rings (SSSR count). The minimum Gasteiger partial charge on any atom is -0.370 e. The molecular weight excluding hydrogens is 277 g/mol. The maximum absolute atomic E-state index is 5.86. The van der Waals surface area contributed by atoms with E-state index in [-0.39, 0.29) is 5.96 Å². The summed E-state index contributed by atoms with van der Waals surface area (Å²) < 4.78 is 0.703. The van der Waals surface area contributed by atoms with E-state index in [0.29, 0.717) is 20.2 Å². The maximum Gasteiger partial charge on any atom is 0.191 e. The van der Waals surface area contributed by atoms with Crippen LogP contribution in [0.4, 0.5) is 5.69 Å². The van der Waals surface area contributed by atoms with Crippen molar-refractivity contribution in [3.8, 4) is 0 Å². The molecule has 4 N–H and O–H groups in total. The van der Waals surface area contributed by atoms with Gasteiger partial charge < -0.3 is 11.5 Å². The zero-order chi connectivity index (χ0) is 10.0. The van der Waals surface area contributed by atoms with Crippen LogP contribution in [0.3, 0.4) is 0 Å². The predicted octanol–water partition coefficient (Wildman–Crippen LogP) is 2.66. The largest absolute Gasteiger partial charge is 0.370 e. The average molecular weight is 283 g/mol. The molecule has 6 heteroatoms. The van der Waals surface area contributed by atoms with Crippen molar-refractivity contribution in [1.29, 1.82) is 0 Å². The van der Waals surface area contributed by atoms with Gasteiger partial charge in [0, 0.05) is 4.47 Å². The molecule has 0 atom stereocenters. The molecule has 0 heterocycles. The molecule has 13 heavy (non-hydrogen) atoms. The standard InChI is InChI=1S/C7H6BrCl2N3/c8-3-1-2-4(13-7(11)12)6(10)5(3)9/h1-2H,(H4,11,12,13). The van der Waals surface area contributed by atoms with Crippen molar-refractivity contribution in [2.24, 2.45) is 16.5 Å². The van der Waals surface area contributed by atoms with Gasteiger partial charge in [0.25, 0.3) is 0 Å². The van der Waals surface area contributed by atoms with Crippen molar-refractivity contribution in [1.82, 2.24) is 0 Å². The van der Waals surface area contributed by atoms with Gasteiger partial charge in [-0.2, -0.15) is 0 Å². The Kier molecular flexibility index (Phi) is 3.41. The molecule has 1 aromatic carbocycles. The van der Waals surface area contributed by atoms with Crippen LogP contribution < -0.4 is 11.5 Å². The molecular formula is C7H6BrCl2N3. The molecule has 70 valence electrons. The first kappa shape index (κ1) is 10.6. The van der Waals surface area contributed by atoms with Crippen LogP contribution in [-0.2, 0) is 0 Å². The summed E-state index contributed by atoms with van der Waals surface area (Å²) in [5, 5.41) is 0.716. The van der Waals surface area contributed by atoms with Crippen LogP contribution in [0.25, 0.3) is 0 Å². The lowest BCUT2D eigenvalue weighted by molar-refractivity contribution is 1.42. The molecule has 0 saturated carbocycles. The normalized spacial score (nSPS) is 9.77. The molecule has 0 aromatic heterocycles. The van der Waals surface area contributed by atoms with Crippen LogP contribution in [0.1, 0.15) is 0 Å². The van der Waals surface area contributed by atoms with E-state index >= 15 is 0 Å². The lowest BCUT2D eigenvalue weighted by Crippen LogP contribution is -2.21. The summed E-state index contributed by atoms with van der Waals surface area (Å²) in [6, 6.07) is 3.38. The van der Waals surface area contributed by atoms with Gasteiger partial charge in [-0.05, 0) is 28.1 Å². The SMILES string of the molecule is NC(N)=Nc1ccc(Br)c(Cl)c1Cl. The van der Waals surface area contributed by atoms with E-state index in [1.54, 1.807) is 12.1 Å². The van der Waals surface area contributed by atoms with Crippen LogP contribution in [0.15, 0.2) is 21.6 Å². The summed E-state index contributed by atoms with van der Waals surface area (Å²) >= 11 is 14.9. The second-order valence-electron chi connectivity index (χ2n) is 2.23. The third-order valence-electron chi connectivity index (χ3n) is 1.26. The average Bonchev–Trinajstić information content (AvgIpc) is 2.06. The number of nitrogens with two attached hydrogens (primary N) is 2. The Balaban J connectivity index is 3.26. The number of guanidine groups is 1. The lowest BCUT2D eigenvalue weighted by atomic mass is 10.3. The predicted molar refractivity (Wildman–Crippen MR) is 59.6 cm³/mol. The Morgan fingerprint density at radius 1 is 1.23 bits per heavy atom. The fourth-order valence-corrected chi connectivity index (χ4v) is 1.55. The summed E-state index contributed by atoms with van der Waals surface area (Å²) in [6.07, 6.45) is 0. The van der Waals surface area contributed by atoms with E-state index in [1.807, 2.05) is 0 Å². The molecule has 0 fully saturated rings. The van der Waals surface area contributed by atoms with Gasteiger partial charge in [0.2, 0.25) is 0 Å². The Hall–Kier alpha value is -0.450. The number of hydrogen-bond acceptors (Lipinski definition) is 1. The maximum atomic E-state index is 5.86. The molecule has 0 radical (unpaired) electrons. The fraction of sp³-hybridized carbons (Fsp3) is 0. The second-order valence-corrected chi connectivity index (χ2v) is 3.84. The summed E-state index contributed by atoms with van der Waals surface area (Å²) in [7, 11) is 0. The van der Waals surface area contributed by atoms with Gasteiger partial charge in [0.05, 0.1) is 15.7 Å². The summed E-state index contributed by atoms with van der Waals surface area (Å²) in [5.41, 5.74) is 10.8. The van der Waals surface area contributed by atoms with Crippen LogP contribution >= 0.6 is 39.1 Å². The minimum absolute atomic E-state index is 0.0553. The molecule has 0 unspecified atom stereocenters. The third-order valence-corrected chi connectivity index (χ3v) is 3.03. The smallest absolute Gasteiger partial charge is 0.191 e. The quantitative estimate of drug-likeness (QED) is 0.472. The summed E-state index contributed by atoms with van der Waals surface area (Å²) in [4.78, 5) is 3.80. The fourth-order valence-electron chi connectivity index (χ4n) is 0.741. The van der Waals surface area contributed by atoms with Crippen molar-refractivity contribution in [2.45, 2.75) is 0 Å². The number of hydrogen-bond donors (Lipinski definition) is 2. The molecule has 1 aromatic rings. The van der Waals surface area contributed by atoms with Crippen molar-refractivity contribution in [2.75, 3.05) is 0 Å². The summed E-state index contributed by atoms with van der Waals surface area (Å²) in [5.74, 6) is -0.0553. The van der Waals surface area contributed by atoms with Crippen molar-refractivity contribution in [3.05, 3.63) is 26.7 Å². The van der Waals surface area contributed by atoms with Crippen LogP contribution in [-0.4, -0.2) is 5.96 Å². The Labute approximate surface area is 93.8 Å². The highest BCUT2D eigenvalue weighted by Gasteiger charge is 2.07. The first-order valence-electron chi connectivity index (χ1n) is 3.25. The van der Waals surface area contributed by atoms with E-state index in [9.17, 15) is 0 Å². The number of nitrogens with zero attached hydrogens (tertiary/aromatic N) is 1. The topological polar surface area (TPSA) is 64.4 Å². The first-order valence-corrected chi connectivity index (χ1v) is 4.80. The van der Waals surface area contributed by atoms with Crippen LogP contribution in [0.2, 0.25) is 10.0 Å². The van der Waals surface area contributed by atoms with E-state index in [2.05, 4.69) is 20.9 Å². The van der Waals surface area contributed by atoms with Gasteiger partial charge >= 0.3 is 0 Å². The third kappa shape index (κ3) is 2.49. The molecule has 0 saturated heterocycles. The molecule has 0 amide bonds. The Morgan fingerprint density at radius 3 is 2.38 bits per heavy atom. The van der Waals surface area contributed by atoms with Crippen molar-refractivity contribution < 1.29 is 0 Å². The number of rotatable bonds is 1. The molecule has 0 bridgehead atoms. The first-order chi connectivity index (χ1) is 6.02. The lowest BCUT2D eigenvalue weighted by Gasteiger charge is -2.02. The highest BCUT2D eigenvalue weighted by atomic mass is 79.9. The second kappa shape index (κ2) is 4.17. The highest BCUT2D eigenvalue weighted by molar-refractivity contribution is 9.10. The van der Waals surface area contributed by atoms with Crippen LogP contribution in [0, 0.1) is 0 Å². The highest BCUT2D eigenvalue weighted by Crippen LogP contribution is 2.37. The Morgan fingerprint density at radius 2 is 1.85 bits per heavy atom. The van der Waals surface area contributed by atoms with E-state index in [1.165, 1.54) is 0 Å². The summed E-state index contributed by atoms with van der Waals surface area (Å²) in [6.45, 7) is 0. The number of benzene rings is 1. The molecule has 0 aliphatic rings. The molecule has 0 spiro atoms. The van der Waals surface area contributed by atoms with Gasteiger partial charge in [0.15, 0.2) is 5.96 Å². The van der Waals surface area contributed by atoms with Gasteiger partial charge in [0.1, 0.15) is 0 Å². The van der Waals surface area contributed by atoms with Gasteiger partial charge in [-0.1, -0.05) is 23.2 Å². The number of aliphatic imine (C=N–C) groups is 1. The van der Waals surface area contributed by atoms with Gasteiger partial charge in [-0.15, -0.1) is 0 Å². The van der Waals surface area contributed by atoms with E-state index in [4.69, 9.17) is 34.7 Å². The van der Waals surface area contributed by atoms with E-state index in [0.717, 1.165) is 0 Å². The van der Waals surface area contributed by atoms with E-state index < -0.39 is 0 Å². The van der Waals surface area contributed by atoms with Gasteiger partial charge in [-0.25, -0.2) is 4.99 Å².